The summed E-state index contributed by atoms with van der Waals surface area (Å²) in [7, 11) is 0. The monoisotopic (exact) mass is 496 g/mol. The molecule has 1 unspecified atom stereocenters. The van der Waals surface area contributed by atoms with Crippen molar-refractivity contribution in [1.29, 1.82) is 0 Å². The number of anilines is 1. The van der Waals surface area contributed by atoms with Gasteiger partial charge in [0.1, 0.15) is 9.71 Å². The second-order valence-corrected chi connectivity index (χ2v) is 11.2. The van der Waals surface area contributed by atoms with Gasteiger partial charge in [-0.15, -0.1) is 11.3 Å². The number of piperidine rings is 1. The maximum absolute atomic E-state index is 13.2. The van der Waals surface area contributed by atoms with E-state index in [-0.39, 0.29) is 11.9 Å². The van der Waals surface area contributed by atoms with Crippen LogP contribution in [0.15, 0.2) is 66.7 Å². The molecule has 6 heteroatoms. The molecule has 5 nitrogen and oxygen atoms in total. The summed E-state index contributed by atoms with van der Waals surface area (Å²) in [6, 6.07) is 23.7. The molecule has 1 saturated heterocycles. The molecule has 0 bridgehead atoms. The summed E-state index contributed by atoms with van der Waals surface area (Å²) >= 11 is 1.43. The molecule has 2 aromatic heterocycles. The molecule has 0 radical (unpaired) electrons. The summed E-state index contributed by atoms with van der Waals surface area (Å²) < 4.78 is 0. The van der Waals surface area contributed by atoms with Crippen molar-refractivity contribution in [3.8, 4) is 0 Å². The van der Waals surface area contributed by atoms with E-state index in [4.69, 9.17) is 10.7 Å². The van der Waals surface area contributed by atoms with Gasteiger partial charge >= 0.3 is 0 Å². The Hall–Kier alpha value is -3.22. The highest BCUT2D eigenvalue weighted by molar-refractivity contribution is 7.21. The van der Waals surface area contributed by atoms with E-state index < -0.39 is 0 Å². The molecule has 2 aliphatic rings. The number of likely N-dealkylation sites (tertiary alicyclic amines) is 1. The largest absolute Gasteiger partial charge is 0.397 e. The summed E-state index contributed by atoms with van der Waals surface area (Å²) in [6.45, 7) is 2.93. The van der Waals surface area contributed by atoms with Gasteiger partial charge in [0.15, 0.2) is 0 Å². The van der Waals surface area contributed by atoms with Gasteiger partial charge in [-0.2, -0.15) is 0 Å². The first-order valence-electron chi connectivity index (χ1n) is 13.0. The van der Waals surface area contributed by atoms with Crippen LogP contribution in [-0.4, -0.2) is 34.9 Å². The molecule has 3 heterocycles. The van der Waals surface area contributed by atoms with E-state index in [2.05, 4.69) is 76.9 Å². The molecular weight excluding hydrogens is 464 g/mol. The minimum absolute atomic E-state index is 0.0582. The first-order valence-corrected chi connectivity index (χ1v) is 13.8. The molecule has 1 amide bonds. The second kappa shape index (κ2) is 10.0. The molecule has 1 fully saturated rings. The van der Waals surface area contributed by atoms with Gasteiger partial charge in [-0.3, -0.25) is 9.69 Å². The maximum atomic E-state index is 13.2. The zero-order valence-corrected chi connectivity index (χ0v) is 21.3. The van der Waals surface area contributed by atoms with Crippen molar-refractivity contribution < 1.29 is 4.79 Å². The third kappa shape index (κ3) is 4.75. The van der Waals surface area contributed by atoms with E-state index in [0.717, 1.165) is 67.6 Å². The highest BCUT2D eigenvalue weighted by atomic mass is 32.1. The molecule has 1 aliphatic heterocycles. The Bertz CT molecular complexity index is 1360. The normalized spacial score (nSPS) is 18.7. The highest BCUT2D eigenvalue weighted by Gasteiger charge is 2.26. The number of hydrogen-bond acceptors (Lipinski definition) is 5. The fraction of sp³-hybridized carbons (Fsp3) is 0.333. The topological polar surface area (TPSA) is 71.2 Å². The van der Waals surface area contributed by atoms with Crippen molar-refractivity contribution >= 4 is 33.1 Å². The molecule has 3 N–H and O–H groups in total. The fourth-order valence-electron chi connectivity index (χ4n) is 5.70. The Balaban J connectivity index is 1.13. The summed E-state index contributed by atoms with van der Waals surface area (Å²) in [6.07, 6.45) is 4.95. The lowest BCUT2D eigenvalue weighted by Crippen LogP contribution is -2.44. The molecule has 4 aromatic rings. The fourth-order valence-corrected chi connectivity index (χ4v) is 6.70. The molecule has 184 valence electrons. The molecule has 1 aliphatic carbocycles. The van der Waals surface area contributed by atoms with Crippen molar-refractivity contribution in [1.82, 2.24) is 15.2 Å². The number of benzene rings is 2. The number of aromatic nitrogens is 1. The first kappa shape index (κ1) is 23.2. The number of thiophene rings is 1. The third-order valence-corrected chi connectivity index (χ3v) is 8.85. The average Bonchev–Trinajstić information content (AvgIpc) is 3.24. The van der Waals surface area contributed by atoms with Crippen LogP contribution in [0.1, 0.15) is 57.2 Å². The smallest absolute Gasteiger partial charge is 0.263 e. The Morgan fingerprint density at radius 2 is 1.75 bits per heavy atom. The molecule has 0 saturated carbocycles. The number of rotatable bonds is 5. The van der Waals surface area contributed by atoms with Crippen LogP contribution in [0.25, 0.3) is 10.2 Å². The van der Waals surface area contributed by atoms with Crippen LogP contribution < -0.4 is 11.1 Å². The number of nitrogens with zero attached hydrogens (tertiary/aromatic N) is 2. The number of carbonyl (C=O) groups excluding carboxylic acids is 1. The minimum Gasteiger partial charge on any atom is -0.397 e. The number of nitrogens with two attached hydrogens (primary N) is 1. The average molecular weight is 497 g/mol. The Kier molecular flexibility index (Phi) is 6.46. The summed E-state index contributed by atoms with van der Waals surface area (Å²) in [5.41, 5.74) is 12.3. The van der Waals surface area contributed by atoms with Crippen LogP contribution in [0.3, 0.4) is 0 Å². The number of nitrogen functional groups attached to an aromatic ring is 1. The standard InChI is InChI=1S/C30H32N4OS/c31-27-25-18-23-17-22(21-9-5-2-6-10-21)11-12-26(23)33-30(25)36-28(27)29(35)32-24-13-15-34(16-14-24)19-20-7-3-1-4-8-20/h1-10,18,22,24H,11-17,19,31H2,(H,32,35). The zero-order valence-electron chi connectivity index (χ0n) is 20.5. The van der Waals surface area contributed by atoms with Gasteiger partial charge in [0, 0.05) is 36.8 Å². The van der Waals surface area contributed by atoms with Crippen LogP contribution >= 0.6 is 11.3 Å². The summed E-state index contributed by atoms with van der Waals surface area (Å²) in [5.74, 6) is 0.450. The van der Waals surface area contributed by atoms with Crippen molar-refractivity contribution in [2.24, 2.45) is 0 Å². The molecular formula is C30H32N4OS. The Morgan fingerprint density at radius 3 is 2.50 bits per heavy atom. The van der Waals surface area contributed by atoms with Crippen LogP contribution in [0.4, 0.5) is 5.69 Å². The number of carbonyl (C=O) groups is 1. The van der Waals surface area contributed by atoms with Crippen molar-refractivity contribution in [2.75, 3.05) is 18.8 Å². The van der Waals surface area contributed by atoms with Crippen molar-refractivity contribution in [2.45, 2.75) is 50.6 Å². The van der Waals surface area contributed by atoms with Crippen LogP contribution in [0.5, 0.6) is 0 Å². The Morgan fingerprint density at radius 1 is 1.03 bits per heavy atom. The van der Waals surface area contributed by atoms with E-state index >= 15 is 0 Å². The quantitative estimate of drug-likeness (QED) is 0.380. The lowest BCUT2D eigenvalue weighted by atomic mass is 9.82. The predicted octanol–water partition coefficient (Wildman–Crippen LogP) is 5.55. The van der Waals surface area contributed by atoms with Gasteiger partial charge in [-0.25, -0.2) is 4.98 Å². The number of amides is 1. The van der Waals surface area contributed by atoms with Gasteiger partial charge in [0.25, 0.3) is 5.91 Å². The van der Waals surface area contributed by atoms with Gasteiger partial charge in [0.05, 0.1) is 5.69 Å². The van der Waals surface area contributed by atoms with E-state index in [1.807, 2.05) is 0 Å². The highest BCUT2D eigenvalue weighted by Crippen LogP contribution is 2.38. The van der Waals surface area contributed by atoms with E-state index in [0.29, 0.717) is 16.5 Å². The van der Waals surface area contributed by atoms with Crippen LogP contribution in [0.2, 0.25) is 0 Å². The Labute approximate surface area is 216 Å². The van der Waals surface area contributed by atoms with Crippen LogP contribution in [-0.2, 0) is 19.4 Å². The van der Waals surface area contributed by atoms with E-state index in [1.165, 1.54) is 28.0 Å². The first-order chi connectivity index (χ1) is 17.6. The molecule has 1 atom stereocenters. The number of pyridine rings is 1. The summed E-state index contributed by atoms with van der Waals surface area (Å²) in [4.78, 5) is 22.1. The number of hydrogen-bond donors (Lipinski definition) is 2. The summed E-state index contributed by atoms with van der Waals surface area (Å²) in [5, 5.41) is 4.18. The predicted molar refractivity (Wildman–Crippen MR) is 147 cm³/mol. The van der Waals surface area contributed by atoms with E-state index in [1.54, 1.807) is 0 Å². The van der Waals surface area contributed by atoms with Gasteiger partial charge in [-0.05, 0) is 60.8 Å². The minimum atomic E-state index is -0.0582. The van der Waals surface area contributed by atoms with Gasteiger partial charge in [0.2, 0.25) is 0 Å². The van der Waals surface area contributed by atoms with Crippen molar-refractivity contribution in [3.63, 3.8) is 0 Å². The van der Waals surface area contributed by atoms with Crippen LogP contribution in [0, 0.1) is 0 Å². The third-order valence-electron chi connectivity index (χ3n) is 7.73. The molecule has 36 heavy (non-hydrogen) atoms. The second-order valence-electron chi connectivity index (χ2n) is 10.2. The van der Waals surface area contributed by atoms with Gasteiger partial charge in [-0.1, -0.05) is 60.7 Å². The lowest BCUT2D eigenvalue weighted by Gasteiger charge is -2.32. The number of nitrogens with one attached hydrogen (secondary N) is 1. The number of aryl methyl sites for hydroxylation is 1. The lowest BCUT2D eigenvalue weighted by molar-refractivity contribution is 0.0914. The number of fused-ring (bicyclic) bond motifs is 2. The van der Waals surface area contributed by atoms with Gasteiger partial charge < -0.3 is 11.1 Å². The maximum Gasteiger partial charge on any atom is 0.263 e. The molecule has 2 aromatic carbocycles. The SMILES string of the molecule is Nc1c(C(=O)NC2CCN(Cc3ccccc3)CC2)sc2nc3c(cc12)CC(c1ccccc1)CC3. The molecule has 6 rings (SSSR count). The van der Waals surface area contributed by atoms with E-state index in [9.17, 15) is 4.79 Å². The zero-order chi connectivity index (χ0) is 24.5. The van der Waals surface area contributed by atoms with Crippen molar-refractivity contribution in [3.05, 3.63) is 94.0 Å². The molecule has 0 spiro atoms.